The van der Waals surface area contributed by atoms with Gasteiger partial charge in [0, 0.05) is 6.54 Å². The lowest BCUT2D eigenvalue weighted by molar-refractivity contribution is -0.153. The smallest absolute Gasteiger partial charge is 0.422 e. The van der Waals surface area contributed by atoms with Crippen LogP contribution >= 0.6 is 22.6 Å². The Hall–Kier alpha value is -0.700. The molecule has 0 spiro atoms. The zero-order valence-corrected chi connectivity index (χ0v) is 15.4. The van der Waals surface area contributed by atoms with Crippen LogP contribution in [0.4, 0.5) is 13.2 Å². The van der Waals surface area contributed by atoms with Crippen molar-refractivity contribution in [2.45, 2.75) is 32.5 Å². The molecule has 23 heavy (non-hydrogen) atoms. The van der Waals surface area contributed by atoms with Crippen LogP contribution in [0.15, 0.2) is 12.1 Å². The van der Waals surface area contributed by atoms with Gasteiger partial charge in [0.15, 0.2) is 18.1 Å². The Morgan fingerprint density at radius 3 is 2.48 bits per heavy atom. The summed E-state index contributed by atoms with van der Waals surface area (Å²) in [6.07, 6.45) is -2.00. The van der Waals surface area contributed by atoms with Crippen LogP contribution in [0.3, 0.4) is 0 Å². The summed E-state index contributed by atoms with van der Waals surface area (Å²) >= 11 is 1.99. The zero-order valence-electron chi connectivity index (χ0n) is 13.3. The molecular weight excluding hydrogens is 422 g/mol. The van der Waals surface area contributed by atoms with Crippen LogP contribution in [0, 0.1) is 9.49 Å². The Morgan fingerprint density at radius 1 is 1.26 bits per heavy atom. The summed E-state index contributed by atoms with van der Waals surface area (Å²) in [4.78, 5) is 2.36. The van der Waals surface area contributed by atoms with Crippen molar-refractivity contribution in [1.29, 1.82) is 0 Å². The maximum absolute atomic E-state index is 12.4. The highest BCUT2D eigenvalue weighted by atomic mass is 127. The van der Waals surface area contributed by atoms with E-state index in [1.165, 1.54) is 20.0 Å². The molecule has 0 saturated carbocycles. The molecule has 0 amide bonds. The Balaban J connectivity index is 2.09. The number of ether oxygens (including phenoxy) is 2. The number of methoxy groups -OCH3 is 1. The summed E-state index contributed by atoms with van der Waals surface area (Å²) in [5.41, 5.74) is 1.03. The van der Waals surface area contributed by atoms with Gasteiger partial charge in [-0.15, -0.1) is 0 Å². The predicted molar refractivity (Wildman–Crippen MR) is 90.9 cm³/mol. The topological polar surface area (TPSA) is 21.7 Å². The molecule has 0 unspecified atom stereocenters. The standard InChI is InChI=1S/C16H21F3INO2/c1-11-3-5-21(6-4-11)9-12-7-13(20)15(14(8-12)22-2)23-10-16(17,18)19/h7-8,11H,3-6,9-10H2,1-2H3. The largest absolute Gasteiger partial charge is 0.493 e. The first-order valence-corrected chi connectivity index (χ1v) is 8.64. The normalized spacial score (nSPS) is 17.3. The Kier molecular flexibility index (Phi) is 6.41. The molecule has 130 valence electrons. The first-order chi connectivity index (χ1) is 10.8. The molecular formula is C16H21F3INO2. The van der Waals surface area contributed by atoms with Crippen LogP contribution in [0.2, 0.25) is 0 Å². The van der Waals surface area contributed by atoms with Gasteiger partial charge in [0.25, 0.3) is 0 Å². The van der Waals surface area contributed by atoms with Crippen molar-refractivity contribution in [3.8, 4) is 11.5 Å². The number of benzene rings is 1. The molecule has 1 aliphatic heterocycles. The SMILES string of the molecule is COc1cc(CN2CCC(C)CC2)cc(I)c1OCC(F)(F)F. The molecule has 1 saturated heterocycles. The molecule has 1 heterocycles. The average molecular weight is 443 g/mol. The van der Waals surface area contributed by atoms with Gasteiger partial charge >= 0.3 is 6.18 Å². The van der Waals surface area contributed by atoms with Gasteiger partial charge in [-0.3, -0.25) is 4.90 Å². The molecule has 7 heteroatoms. The molecule has 0 N–H and O–H groups in total. The van der Waals surface area contributed by atoms with E-state index in [4.69, 9.17) is 9.47 Å². The molecule has 1 aromatic carbocycles. The Bertz CT molecular complexity index is 529. The summed E-state index contributed by atoms with van der Waals surface area (Å²) < 4.78 is 47.8. The number of halogens is 4. The third-order valence-corrected chi connectivity index (χ3v) is 4.75. The fourth-order valence-electron chi connectivity index (χ4n) is 2.64. The lowest BCUT2D eigenvalue weighted by Crippen LogP contribution is -2.32. The van der Waals surface area contributed by atoms with Gasteiger partial charge in [-0.2, -0.15) is 13.2 Å². The third-order valence-electron chi connectivity index (χ3n) is 3.95. The summed E-state index contributed by atoms with van der Waals surface area (Å²) in [6, 6.07) is 3.64. The molecule has 1 fully saturated rings. The average Bonchev–Trinajstić information content (AvgIpc) is 2.47. The van der Waals surface area contributed by atoms with Gasteiger partial charge in [0.05, 0.1) is 10.7 Å². The van der Waals surface area contributed by atoms with Crippen molar-refractivity contribution in [1.82, 2.24) is 4.90 Å². The van der Waals surface area contributed by atoms with Crippen LogP contribution in [0.1, 0.15) is 25.3 Å². The fourth-order valence-corrected chi connectivity index (χ4v) is 3.46. The van der Waals surface area contributed by atoms with E-state index >= 15 is 0 Å². The van der Waals surface area contributed by atoms with Crippen LogP contribution in [-0.4, -0.2) is 37.9 Å². The maximum atomic E-state index is 12.4. The number of hydrogen-bond acceptors (Lipinski definition) is 3. The quantitative estimate of drug-likeness (QED) is 0.627. The second kappa shape index (κ2) is 7.92. The van der Waals surface area contributed by atoms with Gasteiger partial charge in [-0.1, -0.05) is 6.92 Å². The molecule has 0 aliphatic carbocycles. The lowest BCUT2D eigenvalue weighted by Gasteiger charge is -2.30. The minimum absolute atomic E-state index is 0.154. The number of alkyl halides is 3. The van der Waals surface area contributed by atoms with E-state index in [0.29, 0.717) is 9.32 Å². The number of likely N-dealkylation sites (tertiary alicyclic amines) is 1. The lowest BCUT2D eigenvalue weighted by atomic mass is 9.99. The van der Waals surface area contributed by atoms with Crippen molar-refractivity contribution in [2.24, 2.45) is 5.92 Å². The van der Waals surface area contributed by atoms with E-state index < -0.39 is 12.8 Å². The van der Waals surface area contributed by atoms with Gasteiger partial charge in [-0.25, -0.2) is 0 Å². The minimum atomic E-state index is -4.36. The predicted octanol–water partition coefficient (Wildman–Crippen LogP) is 4.47. The minimum Gasteiger partial charge on any atom is -0.493 e. The number of piperidine rings is 1. The molecule has 3 nitrogen and oxygen atoms in total. The highest BCUT2D eigenvalue weighted by Gasteiger charge is 2.29. The highest BCUT2D eigenvalue weighted by Crippen LogP contribution is 2.35. The zero-order chi connectivity index (χ0) is 17.0. The highest BCUT2D eigenvalue weighted by molar-refractivity contribution is 14.1. The van der Waals surface area contributed by atoms with E-state index in [1.54, 1.807) is 6.07 Å². The summed E-state index contributed by atoms with van der Waals surface area (Å²) in [5, 5.41) is 0. The van der Waals surface area contributed by atoms with Crippen LogP contribution in [0.5, 0.6) is 11.5 Å². The second-order valence-electron chi connectivity index (χ2n) is 5.97. The molecule has 1 aromatic rings. The molecule has 0 aromatic heterocycles. The van der Waals surface area contributed by atoms with Crippen LogP contribution in [-0.2, 0) is 6.54 Å². The van der Waals surface area contributed by atoms with Crippen molar-refractivity contribution in [3.05, 3.63) is 21.3 Å². The van der Waals surface area contributed by atoms with E-state index in [1.807, 2.05) is 28.7 Å². The van der Waals surface area contributed by atoms with Crippen LogP contribution < -0.4 is 9.47 Å². The first-order valence-electron chi connectivity index (χ1n) is 7.57. The summed E-state index contributed by atoms with van der Waals surface area (Å²) in [6.45, 7) is 3.82. The number of rotatable bonds is 5. The van der Waals surface area contributed by atoms with E-state index in [0.717, 1.165) is 31.1 Å². The van der Waals surface area contributed by atoms with Crippen molar-refractivity contribution in [3.63, 3.8) is 0 Å². The summed E-state index contributed by atoms with van der Waals surface area (Å²) in [7, 11) is 1.44. The monoisotopic (exact) mass is 443 g/mol. The molecule has 0 radical (unpaired) electrons. The second-order valence-corrected chi connectivity index (χ2v) is 7.13. The van der Waals surface area contributed by atoms with Gasteiger partial charge in [-0.05, 0) is 72.1 Å². The van der Waals surface area contributed by atoms with Crippen molar-refractivity contribution >= 4 is 22.6 Å². The van der Waals surface area contributed by atoms with Crippen LogP contribution in [0.25, 0.3) is 0 Å². The Morgan fingerprint density at radius 2 is 1.91 bits per heavy atom. The number of hydrogen-bond donors (Lipinski definition) is 0. The third kappa shape index (κ3) is 5.70. The van der Waals surface area contributed by atoms with Gasteiger partial charge in [0.1, 0.15) is 0 Å². The molecule has 1 aliphatic rings. The Labute approximate surface area is 148 Å². The molecule has 0 atom stereocenters. The maximum Gasteiger partial charge on any atom is 0.422 e. The van der Waals surface area contributed by atoms with Crippen molar-refractivity contribution < 1.29 is 22.6 Å². The fraction of sp³-hybridized carbons (Fsp3) is 0.625. The van der Waals surface area contributed by atoms with Gasteiger partial charge in [0.2, 0.25) is 0 Å². The molecule has 0 bridgehead atoms. The van der Waals surface area contributed by atoms with E-state index in [2.05, 4.69) is 11.8 Å². The first kappa shape index (κ1) is 18.6. The number of nitrogens with zero attached hydrogens (tertiary/aromatic N) is 1. The van der Waals surface area contributed by atoms with Crippen molar-refractivity contribution in [2.75, 3.05) is 26.8 Å². The van der Waals surface area contributed by atoms with E-state index in [9.17, 15) is 13.2 Å². The molecule has 2 rings (SSSR count). The summed E-state index contributed by atoms with van der Waals surface area (Å²) in [5.74, 6) is 1.27. The van der Waals surface area contributed by atoms with Gasteiger partial charge < -0.3 is 9.47 Å². The van der Waals surface area contributed by atoms with E-state index in [-0.39, 0.29) is 5.75 Å².